The summed E-state index contributed by atoms with van der Waals surface area (Å²) in [5.41, 5.74) is 0.197. The lowest BCUT2D eigenvalue weighted by Crippen LogP contribution is -2.44. The molecule has 118 valence electrons. The van der Waals surface area contributed by atoms with E-state index in [0.717, 1.165) is 12.8 Å². The van der Waals surface area contributed by atoms with Gasteiger partial charge in [-0.3, -0.25) is 9.69 Å². The maximum Gasteiger partial charge on any atom is 0.224 e. The zero-order valence-electron chi connectivity index (χ0n) is 12.5. The number of nitriles is 1. The van der Waals surface area contributed by atoms with Gasteiger partial charge in [-0.1, -0.05) is 17.7 Å². The van der Waals surface area contributed by atoms with Gasteiger partial charge in [-0.05, 0) is 38.4 Å². The molecule has 0 aliphatic carbocycles. The largest absolute Gasteiger partial charge is 0.356 e. The third-order valence-electron chi connectivity index (χ3n) is 3.94. The highest BCUT2D eigenvalue weighted by molar-refractivity contribution is 6.31. The molecule has 0 saturated carbocycles. The van der Waals surface area contributed by atoms with E-state index in [9.17, 15) is 14.4 Å². The second kappa shape index (κ2) is 7.57. The van der Waals surface area contributed by atoms with Gasteiger partial charge in [-0.25, -0.2) is 4.39 Å². The highest BCUT2D eigenvalue weighted by Gasteiger charge is 2.32. The summed E-state index contributed by atoms with van der Waals surface area (Å²) in [5, 5.41) is 12.5. The number of carbonyl (C=O) groups is 1. The zero-order chi connectivity index (χ0) is 16.1. The molecular formula is C16H19ClFN3O. The summed E-state index contributed by atoms with van der Waals surface area (Å²) >= 11 is 6.07. The summed E-state index contributed by atoms with van der Waals surface area (Å²) in [6.45, 7) is 3.54. The van der Waals surface area contributed by atoms with Gasteiger partial charge in [0.1, 0.15) is 11.9 Å². The Balaban J connectivity index is 2.21. The Morgan fingerprint density at radius 3 is 3.05 bits per heavy atom. The highest BCUT2D eigenvalue weighted by Crippen LogP contribution is 2.32. The number of carbonyl (C=O) groups excluding carboxylic acids is 1. The molecule has 2 rings (SSSR count). The molecule has 0 bridgehead atoms. The quantitative estimate of drug-likeness (QED) is 0.927. The van der Waals surface area contributed by atoms with Crippen molar-refractivity contribution in [3.05, 3.63) is 34.6 Å². The van der Waals surface area contributed by atoms with Crippen molar-refractivity contribution < 1.29 is 9.18 Å². The topological polar surface area (TPSA) is 56.1 Å². The zero-order valence-corrected chi connectivity index (χ0v) is 13.2. The third kappa shape index (κ3) is 3.57. The lowest BCUT2D eigenvalue weighted by Gasteiger charge is -2.35. The maximum absolute atomic E-state index is 14.1. The van der Waals surface area contributed by atoms with Crippen molar-refractivity contribution in [3.63, 3.8) is 0 Å². The van der Waals surface area contributed by atoms with Crippen LogP contribution in [0.15, 0.2) is 18.2 Å². The minimum Gasteiger partial charge on any atom is -0.356 e. The highest BCUT2D eigenvalue weighted by atomic mass is 35.5. The Morgan fingerprint density at radius 2 is 2.41 bits per heavy atom. The number of rotatable bonds is 4. The van der Waals surface area contributed by atoms with E-state index in [0.29, 0.717) is 19.6 Å². The Morgan fingerprint density at radius 1 is 1.64 bits per heavy atom. The first-order valence-electron chi connectivity index (χ1n) is 7.43. The smallest absolute Gasteiger partial charge is 0.224 e. The van der Waals surface area contributed by atoms with E-state index < -0.39 is 11.9 Å². The van der Waals surface area contributed by atoms with Crippen LogP contribution in [-0.2, 0) is 4.79 Å². The van der Waals surface area contributed by atoms with Crippen molar-refractivity contribution >= 4 is 17.5 Å². The van der Waals surface area contributed by atoms with Crippen molar-refractivity contribution in [1.82, 2.24) is 10.2 Å². The second-order valence-corrected chi connectivity index (χ2v) is 5.80. The molecule has 1 aromatic rings. The van der Waals surface area contributed by atoms with Crippen molar-refractivity contribution in [2.75, 3.05) is 19.6 Å². The van der Waals surface area contributed by atoms with E-state index in [2.05, 4.69) is 11.4 Å². The molecule has 0 radical (unpaired) electrons. The number of amides is 1. The molecule has 1 aliphatic heterocycles. The molecule has 4 nitrogen and oxygen atoms in total. The average Bonchev–Trinajstić information content (AvgIpc) is 2.51. The second-order valence-electron chi connectivity index (χ2n) is 5.40. The summed E-state index contributed by atoms with van der Waals surface area (Å²) in [4.78, 5) is 13.8. The lowest BCUT2D eigenvalue weighted by molar-refractivity contribution is -0.126. The number of likely N-dealkylation sites (tertiary alicyclic amines) is 1. The molecule has 1 saturated heterocycles. The average molecular weight is 324 g/mol. The van der Waals surface area contributed by atoms with Gasteiger partial charge in [-0.15, -0.1) is 0 Å². The normalized spacial score (nSPS) is 20.2. The fourth-order valence-corrected chi connectivity index (χ4v) is 3.14. The van der Waals surface area contributed by atoms with Crippen LogP contribution in [0.5, 0.6) is 0 Å². The molecule has 0 unspecified atom stereocenters. The van der Waals surface area contributed by atoms with Crippen molar-refractivity contribution in [3.8, 4) is 6.07 Å². The lowest BCUT2D eigenvalue weighted by atomic mass is 9.94. The van der Waals surface area contributed by atoms with Crippen LogP contribution in [0.3, 0.4) is 0 Å². The van der Waals surface area contributed by atoms with E-state index in [1.165, 1.54) is 12.1 Å². The molecule has 0 spiro atoms. The minimum absolute atomic E-state index is 0.0106. The van der Waals surface area contributed by atoms with E-state index in [-0.39, 0.29) is 22.4 Å². The van der Waals surface area contributed by atoms with Gasteiger partial charge in [0.25, 0.3) is 0 Å². The van der Waals surface area contributed by atoms with Gasteiger partial charge in [-0.2, -0.15) is 5.26 Å². The van der Waals surface area contributed by atoms with Crippen LogP contribution < -0.4 is 5.32 Å². The SMILES string of the molecule is CCNC(=O)[C@@H]1CCCN([C@@H](C#N)c2c(F)cccc2Cl)C1. The van der Waals surface area contributed by atoms with Crippen LogP contribution >= 0.6 is 11.6 Å². The van der Waals surface area contributed by atoms with Gasteiger partial charge in [0.2, 0.25) is 5.91 Å². The molecule has 1 heterocycles. The first-order chi connectivity index (χ1) is 10.6. The summed E-state index contributed by atoms with van der Waals surface area (Å²) in [6, 6.07) is 5.76. The number of halogens is 2. The van der Waals surface area contributed by atoms with Crippen molar-refractivity contribution in [1.29, 1.82) is 5.26 Å². The van der Waals surface area contributed by atoms with Gasteiger partial charge in [0, 0.05) is 23.7 Å². The summed E-state index contributed by atoms with van der Waals surface area (Å²) in [6.07, 6.45) is 1.58. The Kier molecular flexibility index (Phi) is 5.76. The molecule has 2 atom stereocenters. The van der Waals surface area contributed by atoms with E-state index >= 15 is 0 Å². The predicted molar refractivity (Wildman–Crippen MR) is 82.7 cm³/mol. The van der Waals surface area contributed by atoms with Crippen molar-refractivity contribution in [2.24, 2.45) is 5.92 Å². The molecule has 6 heteroatoms. The minimum atomic E-state index is -0.772. The molecule has 1 aromatic carbocycles. The molecular weight excluding hydrogens is 305 g/mol. The van der Waals surface area contributed by atoms with Gasteiger partial charge in [0.05, 0.1) is 12.0 Å². The van der Waals surface area contributed by atoms with E-state index in [4.69, 9.17) is 11.6 Å². The van der Waals surface area contributed by atoms with Crippen LogP contribution in [-0.4, -0.2) is 30.4 Å². The molecule has 1 fully saturated rings. The van der Waals surface area contributed by atoms with Crippen LogP contribution in [0, 0.1) is 23.1 Å². The molecule has 1 amide bonds. The number of nitrogens with zero attached hydrogens (tertiary/aromatic N) is 2. The monoisotopic (exact) mass is 323 g/mol. The Bertz CT molecular complexity index is 567. The van der Waals surface area contributed by atoms with Crippen molar-refractivity contribution in [2.45, 2.75) is 25.8 Å². The number of hydrogen-bond acceptors (Lipinski definition) is 3. The number of hydrogen-bond donors (Lipinski definition) is 1. The molecule has 1 N–H and O–H groups in total. The predicted octanol–water partition coefficient (Wildman–Crippen LogP) is 2.89. The fraction of sp³-hybridized carbons (Fsp3) is 0.500. The van der Waals surface area contributed by atoms with Crippen LogP contribution in [0.1, 0.15) is 31.4 Å². The summed E-state index contributed by atoms with van der Waals surface area (Å²) < 4.78 is 14.1. The van der Waals surface area contributed by atoms with Gasteiger partial charge in [0.15, 0.2) is 0 Å². The maximum atomic E-state index is 14.1. The third-order valence-corrected chi connectivity index (χ3v) is 4.26. The Hall–Kier alpha value is -1.64. The van der Waals surface area contributed by atoms with Crippen LogP contribution in [0.25, 0.3) is 0 Å². The molecule has 1 aliphatic rings. The number of piperidine rings is 1. The van der Waals surface area contributed by atoms with E-state index in [1.54, 1.807) is 6.07 Å². The summed E-state index contributed by atoms with van der Waals surface area (Å²) in [5.74, 6) is -0.669. The standard InChI is InChI=1S/C16H19ClFN3O/c1-2-20-16(22)11-5-4-8-21(10-11)14(9-19)15-12(17)6-3-7-13(15)18/h3,6-7,11,14H,2,4-5,8,10H2,1H3,(H,20,22)/t11-,14+/m1/s1. The molecule has 22 heavy (non-hydrogen) atoms. The van der Waals surface area contributed by atoms with Crippen LogP contribution in [0.2, 0.25) is 5.02 Å². The van der Waals surface area contributed by atoms with Gasteiger partial charge < -0.3 is 5.32 Å². The number of nitrogens with one attached hydrogen (secondary N) is 1. The van der Waals surface area contributed by atoms with E-state index in [1.807, 2.05) is 11.8 Å². The van der Waals surface area contributed by atoms with Gasteiger partial charge >= 0.3 is 0 Å². The number of benzene rings is 1. The molecule has 0 aromatic heterocycles. The first-order valence-corrected chi connectivity index (χ1v) is 7.81. The first kappa shape index (κ1) is 16.7. The summed E-state index contributed by atoms with van der Waals surface area (Å²) in [7, 11) is 0. The Labute approximate surface area is 134 Å². The van der Waals surface area contributed by atoms with Crippen LogP contribution in [0.4, 0.5) is 4.39 Å². The fourth-order valence-electron chi connectivity index (χ4n) is 2.87.